The van der Waals surface area contributed by atoms with Crippen LogP contribution in [0.1, 0.15) is 12.0 Å². The molecule has 0 spiro atoms. The van der Waals surface area contributed by atoms with Gasteiger partial charge in [-0.3, -0.25) is 19.8 Å². The van der Waals surface area contributed by atoms with E-state index in [4.69, 9.17) is 10.00 Å². The molecule has 0 aliphatic carbocycles. The number of carbonyl (C=O) groups is 2. The number of imide groups is 1. The summed E-state index contributed by atoms with van der Waals surface area (Å²) in [6.45, 7) is 1.51. The summed E-state index contributed by atoms with van der Waals surface area (Å²) in [6, 6.07) is 9.10. The number of para-hydroxylation sites is 1. The molecule has 0 atom stereocenters. The highest BCUT2D eigenvalue weighted by molar-refractivity contribution is 5.99. The summed E-state index contributed by atoms with van der Waals surface area (Å²) in [4.78, 5) is 24.1. The number of nitriles is 1. The number of nitrogens with zero attached hydrogens (tertiary/aromatic N) is 2. The van der Waals surface area contributed by atoms with Crippen molar-refractivity contribution in [1.29, 1.82) is 5.26 Å². The zero-order valence-electron chi connectivity index (χ0n) is 11.0. The predicted molar refractivity (Wildman–Crippen MR) is 70.9 cm³/mol. The first-order valence-electron chi connectivity index (χ1n) is 6.36. The van der Waals surface area contributed by atoms with Crippen LogP contribution in [0.2, 0.25) is 0 Å². The molecule has 2 amide bonds. The van der Waals surface area contributed by atoms with E-state index in [1.165, 1.54) is 0 Å². The third kappa shape index (κ3) is 3.80. The van der Waals surface area contributed by atoms with Gasteiger partial charge < -0.3 is 4.74 Å². The Labute approximate surface area is 116 Å². The summed E-state index contributed by atoms with van der Waals surface area (Å²) < 4.78 is 5.54. The Morgan fingerprint density at radius 1 is 1.25 bits per heavy atom. The molecule has 6 heteroatoms. The molecule has 20 heavy (non-hydrogen) atoms. The maximum atomic E-state index is 11.2. The Balaban J connectivity index is 1.75. The SMILES string of the molecule is N#Cc1ccccc1OCCCN1CC(=O)NC(=O)C1. The lowest BCUT2D eigenvalue weighted by Gasteiger charge is -2.24. The van der Waals surface area contributed by atoms with Crippen molar-refractivity contribution in [1.82, 2.24) is 10.2 Å². The highest BCUT2D eigenvalue weighted by Crippen LogP contribution is 2.16. The van der Waals surface area contributed by atoms with Crippen LogP contribution >= 0.6 is 0 Å². The van der Waals surface area contributed by atoms with E-state index in [-0.39, 0.29) is 24.9 Å². The van der Waals surface area contributed by atoms with E-state index in [0.29, 0.717) is 30.9 Å². The van der Waals surface area contributed by atoms with Crippen LogP contribution in [0, 0.1) is 11.3 Å². The third-order valence-corrected chi connectivity index (χ3v) is 2.90. The normalized spacial score (nSPS) is 15.6. The number of benzene rings is 1. The van der Waals surface area contributed by atoms with Crippen molar-refractivity contribution >= 4 is 11.8 Å². The summed E-state index contributed by atoms with van der Waals surface area (Å²) in [6.07, 6.45) is 0.681. The Morgan fingerprint density at radius 3 is 2.65 bits per heavy atom. The first-order chi connectivity index (χ1) is 9.69. The Morgan fingerprint density at radius 2 is 1.95 bits per heavy atom. The molecule has 0 saturated carbocycles. The van der Waals surface area contributed by atoms with Gasteiger partial charge in [0.25, 0.3) is 0 Å². The minimum Gasteiger partial charge on any atom is -0.492 e. The smallest absolute Gasteiger partial charge is 0.240 e. The van der Waals surface area contributed by atoms with Crippen LogP contribution < -0.4 is 10.1 Å². The molecule has 1 aromatic rings. The molecule has 2 rings (SSSR count). The van der Waals surface area contributed by atoms with E-state index in [9.17, 15) is 9.59 Å². The van der Waals surface area contributed by atoms with Crippen molar-refractivity contribution in [3.63, 3.8) is 0 Å². The van der Waals surface area contributed by atoms with Gasteiger partial charge in [0.1, 0.15) is 11.8 Å². The summed E-state index contributed by atoms with van der Waals surface area (Å²) in [5, 5.41) is 11.2. The Kier molecular flexibility index (Phi) is 4.69. The van der Waals surface area contributed by atoms with Crippen LogP contribution in [0.3, 0.4) is 0 Å². The zero-order valence-corrected chi connectivity index (χ0v) is 11.0. The number of amides is 2. The van der Waals surface area contributed by atoms with Gasteiger partial charge in [0, 0.05) is 6.54 Å². The largest absolute Gasteiger partial charge is 0.492 e. The van der Waals surface area contributed by atoms with E-state index in [0.717, 1.165) is 0 Å². The number of nitrogens with one attached hydrogen (secondary N) is 1. The van der Waals surface area contributed by atoms with Gasteiger partial charge in [-0.1, -0.05) is 12.1 Å². The van der Waals surface area contributed by atoms with Gasteiger partial charge in [0.05, 0.1) is 25.3 Å². The molecular formula is C14H15N3O3. The van der Waals surface area contributed by atoms with E-state index in [1.807, 2.05) is 6.07 Å². The fraction of sp³-hybridized carbons (Fsp3) is 0.357. The Hall–Kier alpha value is -2.39. The fourth-order valence-electron chi connectivity index (χ4n) is 2.01. The van der Waals surface area contributed by atoms with Crippen LogP contribution in [0.5, 0.6) is 5.75 Å². The molecular weight excluding hydrogens is 258 g/mol. The number of hydrogen-bond acceptors (Lipinski definition) is 5. The van der Waals surface area contributed by atoms with Gasteiger partial charge in [-0.2, -0.15) is 5.26 Å². The van der Waals surface area contributed by atoms with Gasteiger partial charge in [-0.15, -0.1) is 0 Å². The first kappa shape index (κ1) is 14.0. The molecule has 0 aromatic heterocycles. The lowest BCUT2D eigenvalue weighted by molar-refractivity contribution is -0.136. The monoisotopic (exact) mass is 273 g/mol. The summed E-state index contributed by atoms with van der Waals surface area (Å²) in [7, 11) is 0. The maximum absolute atomic E-state index is 11.2. The number of hydrogen-bond donors (Lipinski definition) is 1. The van der Waals surface area contributed by atoms with E-state index in [1.54, 1.807) is 23.1 Å². The maximum Gasteiger partial charge on any atom is 0.240 e. The predicted octanol–water partition coefficient (Wildman–Crippen LogP) is 0.286. The lowest BCUT2D eigenvalue weighted by Crippen LogP contribution is -2.51. The second-order valence-corrected chi connectivity index (χ2v) is 4.49. The van der Waals surface area contributed by atoms with Gasteiger partial charge in [-0.05, 0) is 18.6 Å². The van der Waals surface area contributed by atoms with Crippen LogP contribution in [0.25, 0.3) is 0 Å². The molecule has 0 bridgehead atoms. The molecule has 1 saturated heterocycles. The first-order valence-corrected chi connectivity index (χ1v) is 6.36. The minimum absolute atomic E-state index is 0.237. The van der Waals surface area contributed by atoms with Crippen molar-refractivity contribution in [2.24, 2.45) is 0 Å². The highest BCUT2D eigenvalue weighted by Gasteiger charge is 2.21. The zero-order chi connectivity index (χ0) is 14.4. The topological polar surface area (TPSA) is 82.4 Å². The van der Waals surface area contributed by atoms with Crippen LogP contribution in [0.15, 0.2) is 24.3 Å². The summed E-state index contributed by atoms with van der Waals surface area (Å²) in [5.41, 5.74) is 0.500. The molecule has 0 unspecified atom stereocenters. The highest BCUT2D eigenvalue weighted by atomic mass is 16.5. The molecule has 104 valence electrons. The van der Waals surface area contributed by atoms with Crippen molar-refractivity contribution in [2.75, 3.05) is 26.2 Å². The summed E-state index contributed by atoms with van der Waals surface area (Å²) in [5.74, 6) is 0.0245. The standard InChI is InChI=1S/C14H15N3O3/c15-8-11-4-1-2-5-12(11)20-7-3-6-17-9-13(18)16-14(19)10-17/h1-2,4-5H,3,6-7,9-10H2,(H,16,18,19). The number of piperazine rings is 1. The average Bonchev–Trinajstić information content (AvgIpc) is 2.43. The molecule has 1 aliphatic heterocycles. The average molecular weight is 273 g/mol. The molecule has 1 aromatic carbocycles. The summed E-state index contributed by atoms with van der Waals surface area (Å²) >= 11 is 0. The van der Waals surface area contributed by atoms with Crippen molar-refractivity contribution in [3.05, 3.63) is 29.8 Å². The van der Waals surface area contributed by atoms with Gasteiger partial charge >= 0.3 is 0 Å². The van der Waals surface area contributed by atoms with Gasteiger partial charge in [0.2, 0.25) is 11.8 Å². The second kappa shape index (κ2) is 6.68. The van der Waals surface area contributed by atoms with E-state index in [2.05, 4.69) is 11.4 Å². The number of rotatable bonds is 5. The molecule has 0 radical (unpaired) electrons. The van der Waals surface area contributed by atoms with E-state index >= 15 is 0 Å². The minimum atomic E-state index is -0.267. The van der Waals surface area contributed by atoms with Gasteiger partial charge in [-0.25, -0.2) is 0 Å². The van der Waals surface area contributed by atoms with Gasteiger partial charge in [0.15, 0.2) is 0 Å². The second-order valence-electron chi connectivity index (χ2n) is 4.49. The van der Waals surface area contributed by atoms with Crippen LogP contribution in [0.4, 0.5) is 0 Å². The number of ether oxygens (including phenoxy) is 1. The molecule has 6 nitrogen and oxygen atoms in total. The van der Waals surface area contributed by atoms with Crippen LogP contribution in [-0.2, 0) is 9.59 Å². The lowest BCUT2D eigenvalue weighted by atomic mass is 10.2. The fourth-order valence-corrected chi connectivity index (χ4v) is 2.01. The van der Waals surface area contributed by atoms with Crippen molar-refractivity contribution < 1.29 is 14.3 Å². The Bertz CT molecular complexity index is 535. The molecule has 1 N–H and O–H groups in total. The molecule has 1 fully saturated rings. The quantitative estimate of drug-likeness (QED) is 0.615. The van der Waals surface area contributed by atoms with E-state index < -0.39 is 0 Å². The molecule has 1 aliphatic rings. The van der Waals surface area contributed by atoms with Crippen LogP contribution in [-0.4, -0.2) is 43.0 Å². The number of carbonyl (C=O) groups excluding carboxylic acids is 2. The molecule has 1 heterocycles. The third-order valence-electron chi connectivity index (χ3n) is 2.90. The van der Waals surface area contributed by atoms with Crippen molar-refractivity contribution in [3.8, 4) is 11.8 Å². The van der Waals surface area contributed by atoms with Crippen molar-refractivity contribution in [2.45, 2.75) is 6.42 Å².